The van der Waals surface area contributed by atoms with Gasteiger partial charge in [-0.15, -0.1) is 0 Å². The van der Waals surface area contributed by atoms with E-state index in [0.717, 1.165) is 24.3 Å². The number of imidazole rings is 1. The van der Waals surface area contributed by atoms with Crippen molar-refractivity contribution in [3.05, 3.63) is 36.3 Å². The molecule has 3 rings (SSSR count). The Morgan fingerprint density at radius 2 is 2.25 bits per heavy atom. The van der Waals surface area contributed by atoms with E-state index in [1.54, 1.807) is 6.20 Å². The summed E-state index contributed by atoms with van der Waals surface area (Å²) in [6.07, 6.45) is 5.64. The molecule has 0 atom stereocenters. The predicted octanol–water partition coefficient (Wildman–Crippen LogP) is 1.04. The van der Waals surface area contributed by atoms with E-state index in [0.29, 0.717) is 0 Å². The molecular weight excluding hydrogens is 200 g/mol. The van der Waals surface area contributed by atoms with Crippen molar-refractivity contribution in [1.29, 1.82) is 5.26 Å². The van der Waals surface area contributed by atoms with E-state index in [4.69, 9.17) is 0 Å². The van der Waals surface area contributed by atoms with Crippen LogP contribution < -0.4 is 0 Å². The number of likely N-dealkylation sites (tertiary alicyclic amines) is 1. The van der Waals surface area contributed by atoms with Crippen molar-refractivity contribution in [2.24, 2.45) is 0 Å². The molecule has 0 N–H and O–H groups in total. The first-order valence-electron chi connectivity index (χ1n) is 5.26. The minimum Gasteiger partial charge on any atom is -0.307 e. The molecule has 4 nitrogen and oxygen atoms in total. The molecule has 1 aliphatic rings. The van der Waals surface area contributed by atoms with Gasteiger partial charge in [-0.25, -0.2) is 4.98 Å². The van der Waals surface area contributed by atoms with Gasteiger partial charge in [0.1, 0.15) is 11.1 Å². The molecule has 80 valence electrons. The minimum absolute atomic E-state index is 0.331. The van der Waals surface area contributed by atoms with Crippen molar-refractivity contribution in [2.45, 2.75) is 5.41 Å². The molecule has 16 heavy (non-hydrogen) atoms. The molecule has 0 saturated carbocycles. The van der Waals surface area contributed by atoms with Crippen LogP contribution >= 0.6 is 0 Å². The van der Waals surface area contributed by atoms with Crippen LogP contribution in [0.5, 0.6) is 0 Å². The lowest BCUT2D eigenvalue weighted by Gasteiger charge is -2.43. The summed E-state index contributed by atoms with van der Waals surface area (Å²) >= 11 is 0. The highest BCUT2D eigenvalue weighted by molar-refractivity contribution is 5.47. The first-order valence-corrected chi connectivity index (χ1v) is 5.26. The lowest BCUT2D eigenvalue weighted by Crippen LogP contribution is -2.56. The number of likely N-dealkylation sites (N-methyl/N-ethyl adjacent to an activating group) is 1. The number of nitrogens with zero attached hydrogens (tertiary/aromatic N) is 4. The van der Waals surface area contributed by atoms with Crippen molar-refractivity contribution in [3.63, 3.8) is 0 Å². The molecule has 0 aromatic carbocycles. The van der Waals surface area contributed by atoms with Crippen LogP contribution in [0.1, 0.15) is 5.56 Å². The summed E-state index contributed by atoms with van der Waals surface area (Å²) in [7, 11) is 2.03. The summed E-state index contributed by atoms with van der Waals surface area (Å²) in [6.45, 7) is 1.61. The van der Waals surface area contributed by atoms with Crippen molar-refractivity contribution in [3.8, 4) is 6.07 Å². The van der Waals surface area contributed by atoms with Gasteiger partial charge in [-0.1, -0.05) is 0 Å². The summed E-state index contributed by atoms with van der Waals surface area (Å²) in [5.41, 5.74) is 1.65. The molecule has 0 bridgehead atoms. The second-order valence-corrected chi connectivity index (χ2v) is 4.47. The Hall–Kier alpha value is -1.86. The zero-order chi connectivity index (χ0) is 11.2. The number of hydrogen-bond acceptors (Lipinski definition) is 3. The van der Waals surface area contributed by atoms with Crippen LogP contribution in [-0.2, 0) is 5.41 Å². The monoisotopic (exact) mass is 212 g/mol. The Labute approximate surface area is 93.7 Å². The van der Waals surface area contributed by atoms with E-state index in [1.165, 1.54) is 0 Å². The summed E-state index contributed by atoms with van der Waals surface area (Å²) in [6, 6.07) is 6.47. The van der Waals surface area contributed by atoms with Gasteiger partial charge in [0.15, 0.2) is 0 Å². The minimum atomic E-state index is -0.331. The first kappa shape index (κ1) is 9.37. The van der Waals surface area contributed by atoms with Crippen LogP contribution in [0.15, 0.2) is 30.7 Å². The molecule has 1 fully saturated rings. The molecule has 1 saturated heterocycles. The Bertz CT molecular complexity index is 572. The highest BCUT2D eigenvalue weighted by Gasteiger charge is 2.43. The third-order valence-corrected chi connectivity index (χ3v) is 3.24. The molecule has 4 heteroatoms. The average Bonchev–Trinajstić information content (AvgIpc) is 2.71. The summed E-state index contributed by atoms with van der Waals surface area (Å²) in [5.74, 6) is 0. The maximum Gasteiger partial charge on any atom is 0.136 e. The molecular formula is C12H12N4. The number of pyridine rings is 1. The largest absolute Gasteiger partial charge is 0.307 e. The SMILES string of the molecule is CN1CC(C#N)(c2ccn3ccnc3c2)C1. The van der Waals surface area contributed by atoms with Gasteiger partial charge in [-0.05, 0) is 24.7 Å². The zero-order valence-electron chi connectivity index (χ0n) is 9.09. The van der Waals surface area contributed by atoms with Gasteiger partial charge < -0.3 is 9.30 Å². The first-order chi connectivity index (χ1) is 7.73. The van der Waals surface area contributed by atoms with Crippen LogP contribution in [0.3, 0.4) is 0 Å². The fourth-order valence-corrected chi connectivity index (χ4v) is 2.40. The average molecular weight is 212 g/mol. The molecule has 0 amide bonds. The van der Waals surface area contributed by atoms with E-state index >= 15 is 0 Å². The summed E-state index contributed by atoms with van der Waals surface area (Å²) in [4.78, 5) is 6.40. The Balaban J connectivity index is 2.08. The van der Waals surface area contributed by atoms with Gasteiger partial charge in [0.25, 0.3) is 0 Å². The second-order valence-electron chi connectivity index (χ2n) is 4.47. The highest BCUT2D eigenvalue weighted by atomic mass is 15.2. The van der Waals surface area contributed by atoms with Crippen LogP contribution in [-0.4, -0.2) is 34.4 Å². The second kappa shape index (κ2) is 3.06. The maximum absolute atomic E-state index is 9.33. The molecule has 3 heterocycles. The number of nitriles is 1. The molecule has 0 spiro atoms. The molecule has 1 aliphatic heterocycles. The normalized spacial score (nSPS) is 19.2. The predicted molar refractivity (Wildman–Crippen MR) is 60.0 cm³/mol. The highest BCUT2D eigenvalue weighted by Crippen LogP contribution is 2.33. The van der Waals surface area contributed by atoms with E-state index in [2.05, 4.69) is 16.0 Å². The van der Waals surface area contributed by atoms with Gasteiger partial charge in [0, 0.05) is 31.7 Å². The fraction of sp³-hybridized carbons (Fsp3) is 0.333. The lowest BCUT2D eigenvalue weighted by molar-refractivity contribution is 0.138. The molecule has 0 unspecified atom stereocenters. The van der Waals surface area contributed by atoms with E-state index in [9.17, 15) is 5.26 Å². The summed E-state index contributed by atoms with van der Waals surface area (Å²) in [5, 5.41) is 9.33. The van der Waals surface area contributed by atoms with Crippen molar-refractivity contribution < 1.29 is 0 Å². The van der Waals surface area contributed by atoms with Crippen molar-refractivity contribution >= 4 is 5.65 Å². The fourth-order valence-electron chi connectivity index (χ4n) is 2.40. The molecule has 0 radical (unpaired) electrons. The maximum atomic E-state index is 9.33. The van der Waals surface area contributed by atoms with Gasteiger partial charge in [0.2, 0.25) is 0 Å². The van der Waals surface area contributed by atoms with E-state index < -0.39 is 0 Å². The van der Waals surface area contributed by atoms with Gasteiger partial charge in [-0.3, -0.25) is 0 Å². The van der Waals surface area contributed by atoms with Gasteiger partial charge in [0.05, 0.1) is 6.07 Å². The molecule has 0 aliphatic carbocycles. The van der Waals surface area contributed by atoms with Crippen LogP contribution in [0, 0.1) is 11.3 Å². The van der Waals surface area contributed by atoms with Crippen LogP contribution in [0.2, 0.25) is 0 Å². The van der Waals surface area contributed by atoms with Crippen molar-refractivity contribution in [1.82, 2.24) is 14.3 Å². The third kappa shape index (κ3) is 1.15. The third-order valence-electron chi connectivity index (χ3n) is 3.24. The van der Waals surface area contributed by atoms with Crippen molar-refractivity contribution in [2.75, 3.05) is 20.1 Å². The zero-order valence-corrected chi connectivity index (χ0v) is 9.09. The smallest absolute Gasteiger partial charge is 0.136 e. The van der Waals surface area contributed by atoms with E-state index in [-0.39, 0.29) is 5.41 Å². The lowest BCUT2D eigenvalue weighted by atomic mass is 9.76. The number of fused-ring (bicyclic) bond motifs is 1. The Kier molecular flexibility index (Phi) is 1.79. The van der Waals surface area contributed by atoms with Crippen LogP contribution in [0.4, 0.5) is 0 Å². The van der Waals surface area contributed by atoms with Gasteiger partial charge in [-0.2, -0.15) is 5.26 Å². The Morgan fingerprint density at radius 1 is 1.44 bits per heavy atom. The van der Waals surface area contributed by atoms with Gasteiger partial charge >= 0.3 is 0 Å². The topological polar surface area (TPSA) is 44.3 Å². The number of aromatic nitrogens is 2. The Morgan fingerprint density at radius 3 is 2.94 bits per heavy atom. The van der Waals surface area contributed by atoms with E-state index in [1.807, 2.05) is 36.0 Å². The summed E-state index contributed by atoms with van der Waals surface area (Å²) < 4.78 is 1.96. The van der Waals surface area contributed by atoms with Crippen LogP contribution in [0.25, 0.3) is 5.65 Å². The molecule has 2 aromatic rings. The number of hydrogen-bond donors (Lipinski definition) is 0. The molecule has 2 aromatic heterocycles. The standard InChI is InChI=1S/C12H12N4/c1-15-8-12(7-13,9-15)10-2-4-16-5-3-14-11(16)6-10/h2-6H,8-9H2,1H3. The quantitative estimate of drug-likeness (QED) is 0.709. The number of rotatable bonds is 1.